The molecule has 1 saturated heterocycles. The van der Waals surface area contributed by atoms with Gasteiger partial charge in [-0.3, -0.25) is 19.1 Å². The van der Waals surface area contributed by atoms with E-state index in [0.717, 1.165) is 30.3 Å². The lowest BCUT2D eigenvalue weighted by Gasteiger charge is -2.35. The predicted octanol–water partition coefficient (Wildman–Crippen LogP) is 8.35. The molecular formula is C45H43F5N4O7S. The quantitative estimate of drug-likeness (QED) is 0.0910. The lowest BCUT2D eigenvalue weighted by Crippen LogP contribution is -2.48. The number of hydrogen-bond acceptors (Lipinski definition) is 9. The zero-order valence-corrected chi connectivity index (χ0v) is 34.8. The van der Waals surface area contributed by atoms with Crippen LogP contribution in [0.2, 0.25) is 0 Å². The number of nitrogens with one attached hydrogen (secondary N) is 1. The number of Topliss-reactive ketones (excluding diaryl/α,β-unsaturated/α-hetero) is 1. The first-order valence-corrected chi connectivity index (χ1v) is 21.7. The van der Waals surface area contributed by atoms with Crippen molar-refractivity contribution in [3.63, 3.8) is 0 Å². The molecule has 11 nitrogen and oxygen atoms in total. The lowest BCUT2D eigenvalue weighted by molar-refractivity contribution is -0.144. The molecule has 2 aromatic heterocycles. The van der Waals surface area contributed by atoms with Crippen LogP contribution in [0.25, 0.3) is 33.5 Å². The van der Waals surface area contributed by atoms with E-state index in [2.05, 4.69) is 21.3 Å². The Morgan fingerprint density at radius 2 is 1.69 bits per heavy atom. The molecule has 3 fully saturated rings. The third-order valence-electron chi connectivity index (χ3n) is 12.1. The van der Waals surface area contributed by atoms with Gasteiger partial charge in [-0.15, -0.1) is 6.58 Å². The number of amides is 2. The standard InChI is InChI=1S/C45H43F5N4O7S/c1-5-26-21-44(26,42(57)53-62(58,59)31-14-15-31)22-35(55)34-20-30(23-54(34)41(56)33(43(2,3)4)18-24-16-28(46)19-29(47)17-24)60-40-38-37(32-8-6-7-9-36(32)61-38)51-39(52-40)25-10-12-27(13-11-25)45(48,49)50/h5-13,16-17,19,26,30-31,33-34H,1,14-15,18,20-23H2,2-4H3,(H,53,57)/t26-,30-,33-,34+,44-/m1/s1. The first kappa shape index (κ1) is 43.0. The summed E-state index contributed by atoms with van der Waals surface area (Å²) in [6.45, 7) is 8.95. The number of furan rings is 1. The number of aromatic nitrogens is 2. The summed E-state index contributed by atoms with van der Waals surface area (Å²) in [5.41, 5.74) is -1.83. The maximum absolute atomic E-state index is 14.9. The zero-order valence-electron chi connectivity index (χ0n) is 34.0. The number of alkyl halides is 3. The summed E-state index contributed by atoms with van der Waals surface area (Å²) >= 11 is 0. The van der Waals surface area contributed by atoms with E-state index >= 15 is 0 Å². The van der Waals surface area contributed by atoms with Crippen LogP contribution in [0.1, 0.15) is 64.0 Å². The van der Waals surface area contributed by atoms with E-state index in [4.69, 9.17) is 9.15 Å². The fraction of sp³-hybridized carbons (Fsp3) is 0.400. The maximum atomic E-state index is 14.9. The van der Waals surface area contributed by atoms with Crippen LogP contribution in [0.4, 0.5) is 22.0 Å². The highest BCUT2D eigenvalue weighted by atomic mass is 32.2. The molecule has 8 rings (SSSR count). The van der Waals surface area contributed by atoms with Crippen LogP contribution >= 0.6 is 0 Å². The number of ketones is 1. The summed E-state index contributed by atoms with van der Waals surface area (Å²) in [7, 11) is -3.96. The van der Waals surface area contributed by atoms with Gasteiger partial charge in [0, 0.05) is 35.8 Å². The second kappa shape index (κ2) is 15.6. The van der Waals surface area contributed by atoms with Crippen LogP contribution in [-0.4, -0.2) is 64.8 Å². The fourth-order valence-electron chi connectivity index (χ4n) is 8.41. The summed E-state index contributed by atoms with van der Waals surface area (Å²) in [6, 6.07) is 13.0. The zero-order chi connectivity index (χ0) is 44.5. The van der Waals surface area contributed by atoms with E-state index in [1.165, 1.54) is 23.1 Å². The molecule has 62 heavy (non-hydrogen) atoms. The number of likely N-dealkylation sites (tertiary alicyclic amines) is 1. The van der Waals surface area contributed by atoms with E-state index < -0.39 is 97.5 Å². The van der Waals surface area contributed by atoms with E-state index in [-0.39, 0.29) is 54.2 Å². The average molecular weight is 879 g/mol. The summed E-state index contributed by atoms with van der Waals surface area (Å²) in [5, 5.41) is -0.129. The van der Waals surface area contributed by atoms with Gasteiger partial charge in [-0.05, 0) is 79.0 Å². The molecule has 326 valence electrons. The van der Waals surface area contributed by atoms with Crippen LogP contribution in [0, 0.1) is 34.3 Å². The lowest BCUT2D eigenvalue weighted by atomic mass is 9.76. The molecule has 1 N–H and O–H groups in total. The van der Waals surface area contributed by atoms with Gasteiger partial charge in [0.1, 0.15) is 28.8 Å². The number of carbonyl (C=O) groups excluding carboxylic acids is 3. The first-order valence-electron chi connectivity index (χ1n) is 20.2. The molecule has 2 saturated carbocycles. The van der Waals surface area contributed by atoms with Crippen molar-refractivity contribution in [2.24, 2.45) is 22.7 Å². The highest BCUT2D eigenvalue weighted by Crippen LogP contribution is 2.57. The topological polar surface area (TPSA) is 149 Å². The second-order valence-electron chi connectivity index (χ2n) is 17.6. The molecule has 17 heteroatoms. The minimum absolute atomic E-state index is 0.0137. The summed E-state index contributed by atoms with van der Waals surface area (Å²) < 4.78 is 110. The molecule has 0 radical (unpaired) electrons. The first-order chi connectivity index (χ1) is 29.2. The van der Waals surface area contributed by atoms with Gasteiger partial charge in [0.15, 0.2) is 11.6 Å². The van der Waals surface area contributed by atoms with Crippen LogP contribution in [-0.2, 0) is 37.0 Å². The summed E-state index contributed by atoms with van der Waals surface area (Å²) in [6.07, 6.45) is -3.70. The third kappa shape index (κ3) is 8.42. The van der Waals surface area contributed by atoms with E-state index in [0.29, 0.717) is 29.3 Å². The minimum atomic E-state index is -4.58. The fourth-order valence-corrected chi connectivity index (χ4v) is 9.79. The van der Waals surface area contributed by atoms with Gasteiger partial charge in [0.05, 0.1) is 28.8 Å². The number of sulfonamides is 1. The number of benzene rings is 3. The smallest absolute Gasteiger partial charge is 0.416 e. The van der Waals surface area contributed by atoms with Crippen molar-refractivity contribution in [1.82, 2.24) is 19.6 Å². The Morgan fingerprint density at radius 1 is 1.02 bits per heavy atom. The van der Waals surface area contributed by atoms with Gasteiger partial charge in [-0.2, -0.15) is 18.2 Å². The molecule has 0 spiro atoms. The van der Waals surface area contributed by atoms with Gasteiger partial charge in [-0.1, -0.05) is 51.1 Å². The summed E-state index contributed by atoms with van der Waals surface area (Å²) in [4.78, 5) is 53.8. The molecule has 3 aromatic carbocycles. The molecule has 2 aliphatic carbocycles. The van der Waals surface area contributed by atoms with Crippen molar-refractivity contribution in [1.29, 1.82) is 0 Å². The molecule has 3 heterocycles. The Hall–Kier alpha value is -5.71. The molecular weight excluding hydrogens is 836 g/mol. The Morgan fingerprint density at radius 3 is 2.31 bits per heavy atom. The largest absolute Gasteiger partial charge is 0.470 e. The Bertz CT molecular complexity index is 2710. The number of carbonyl (C=O) groups is 3. The second-order valence-corrected chi connectivity index (χ2v) is 19.6. The number of allylic oxidation sites excluding steroid dienone is 1. The van der Waals surface area contributed by atoms with Crippen molar-refractivity contribution < 1.29 is 53.9 Å². The van der Waals surface area contributed by atoms with Crippen molar-refractivity contribution in [3.8, 4) is 17.3 Å². The van der Waals surface area contributed by atoms with Crippen LogP contribution in [0.5, 0.6) is 5.88 Å². The number of nitrogens with zero attached hydrogens (tertiary/aromatic N) is 3. The third-order valence-corrected chi connectivity index (χ3v) is 13.9. The van der Waals surface area contributed by atoms with Crippen molar-refractivity contribution >= 4 is 49.7 Å². The molecule has 5 atom stereocenters. The Kier molecular flexibility index (Phi) is 10.8. The highest BCUT2D eigenvalue weighted by molar-refractivity contribution is 7.90. The van der Waals surface area contributed by atoms with Crippen molar-refractivity contribution in [3.05, 3.63) is 102 Å². The highest BCUT2D eigenvalue weighted by Gasteiger charge is 2.61. The molecule has 1 aliphatic heterocycles. The molecule has 2 amide bonds. The van der Waals surface area contributed by atoms with E-state index in [9.17, 15) is 44.8 Å². The number of rotatable bonds is 13. The minimum Gasteiger partial charge on any atom is -0.470 e. The number of ether oxygens (including phenoxy) is 1. The van der Waals surface area contributed by atoms with Gasteiger partial charge < -0.3 is 14.1 Å². The molecule has 0 unspecified atom stereocenters. The van der Waals surface area contributed by atoms with Crippen molar-refractivity contribution in [2.75, 3.05) is 6.54 Å². The number of hydrogen-bond donors (Lipinski definition) is 1. The van der Waals surface area contributed by atoms with Crippen LogP contribution in [0.3, 0.4) is 0 Å². The predicted molar refractivity (Wildman–Crippen MR) is 218 cm³/mol. The normalized spacial score (nSPS) is 22.1. The van der Waals surface area contributed by atoms with Crippen LogP contribution in [0.15, 0.2) is 83.8 Å². The van der Waals surface area contributed by atoms with Gasteiger partial charge >= 0.3 is 6.18 Å². The number of fused-ring (bicyclic) bond motifs is 3. The molecule has 3 aliphatic rings. The Labute approximate surface area is 353 Å². The Balaban J connectivity index is 1.16. The summed E-state index contributed by atoms with van der Waals surface area (Å²) in [5.74, 6) is -5.08. The van der Waals surface area contributed by atoms with Gasteiger partial charge in [0.25, 0.3) is 5.88 Å². The average Bonchev–Trinajstić information content (AvgIpc) is 4.10. The SMILES string of the molecule is C=C[C@@H]1C[C@]1(CC(=O)[C@@H]1C[C@@H](Oc2nc(-c3ccc(C(F)(F)F)cc3)nc3c2oc2ccccc23)CN1C(=O)[C@@H](Cc1cc(F)cc(F)c1)C(C)(C)C)C(=O)NS(=O)(=O)C1CC1. The number of para-hydroxylation sites is 1. The molecule has 0 bridgehead atoms. The number of halogens is 5. The van der Waals surface area contributed by atoms with Crippen LogP contribution < -0.4 is 9.46 Å². The maximum Gasteiger partial charge on any atom is 0.416 e. The van der Waals surface area contributed by atoms with Gasteiger partial charge in [-0.25, -0.2) is 22.2 Å². The van der Waals surface area contributed by atoms with Gasteiger partial charge in [0.2, 0.25) is 27.4 Å². The molecule has 5 aromatic rings. The monoisotopic (exact) mass is 878 g/mol. The van der Waals surface area contributed by atoms with E-state index in [1.807, 2.05) is 0 Å². The van der Waals surface area contributed by atoms with Crippen molar-refractivity contribution in [2.45, 2.75) is 82.9 Å². The van der Waals surface area contributed by atoms with E-state index in [1.54, 1.807) is 45.0 Å².